The van der Waals surface area contributed by atoms with E-state index in [9.17, 15) is 0 Å². The average molecular weight is 298 g/mol. The fourth-order valence-corrected chi connectivity index (χ4v) is 2.50. The minimum absolute atomic E-state index is 0.562. The topological polar surface area (TPSA) is 3.24 Å². The quantitative estimate of drug-likeness (QED) is 0.396. The van der Waals surface area contributed by atoms with Gasteiger partial charge in [0.15, 0.2) is 0 Å². The summed E-state index contributed by atoms with van der Waals surface area (Å²) in [6.45, 7) is 10.8. The maximum absolute atomic E-state index is 4.06. The van der Waals surface area contributed by atoms with E-state index in [4.69, 9.17) is 0 Å². The van der Waals surface area contributed by atoms with Crippen molar-refractivity contribution < 1.29 is 0 Å². The summed E-state index contributed by atoms with van der Waals surface area (Å²) in [7, 11) is 0. The SMILES string of the molecule is C=C(CBr)C[C@H](C)/C=C(\C=C/C)N1CCCC1. The zero-order valence-corrected chi connectivity index (χ0v) is 12.7. The Bertz CT molecular complexity index is 298. The molecule has 0 aromatic heterocycles. The molecule has 0 bridgehead atoms. The Morgan fingerprint density at radius 3 is 2.59 bits per heavy atom. The van der Waals surface area contributed by atoms with Crippen LogP contribution >= 0.6 is 15.9 Å². The molecule has 0 N–H and O–H groups in total. The number of nitrogens with zero attached hydrogens (tertiary/aromatic N) is 1. The van der Waals surface area contributed by atoms with Gasteiger partial charge in [-0.05, 0) is 38.2 Å². The molecule has 96 valence electrons. The molecule has 1 atom stereocenters. The molecule has 1 fully saturated rings. The molecule has 1 saturated heterocycles. The van der Waals surface area contributed by atoms with Crippen molar-refractivity contribution in [2.24, 2.45) is 5.92 Å². The van der Waals surface area contributed by atoms with Gasteiger partial charge in [0.05, 0.1) is 0 Å². The third-order valence-electron chi connectivity index (χ3n) is 3.06. The van der Waals surface area contributed by atoms with Crippen LogP contribution in [0.2, 0.25) is 0 Å². The van der Waals surface area contributed by atoms with Crippen molar-refractivity contribution >= 4 is 15.9 Å². The van der Waals surface area contributed by atoms with Gasteiger partial charge in [-0.15, -0.1) is 0 Å². The minimum Gasteiger partial charge on any atom is -0.372 e. The van der Waals surface area contributed by atoms with E-state index in [2.05, 4.69) is 59.5 Å². The lowest BCUT2D eigenvalue weighted by atomic mass is 10.0. The number of hydrogen-bond acceptors (Lipinski definition) is 1. The van der Waals surface area contributed by atoms with Gasteiger partial charge in [-0.25, -0.2) is 0 Å². The van der Waals surface area contributed by atoms with Crippen LogP contribution in [0.15, 0.2) is 36.1 Å². The van der Waals surface area contributed by atoms with Crippen molar-refractivity contribution in [1.29, 1.82) is 0 Å². The molecule has 1 nitrogen and oxygen atoms in total. The molecule has 0 aromatic carbocycles. The van der Waals surface area contributed by atoms with Crippen molar-refractivity contribution in [3.63, 3.8) is 0 Å². The van der Waals surface area contributed by atoms with E-state index in [1.54, 1.807) is 0 Å². The predicted molar refractivity (Wildman–Crippen MR) is 80.4 cm³/mol. The lowest BCUT2D eigenvalue weighted by Crippen LogP contribution is -2.18. The molecule has 0 amide bonds. The van der Waals surface area contributed by atoms with Crippen LogP contribution in [0.25, 0.3) is 0 Å². The molecule has 0 radical (unpaired) electrons. The number of allylic oxidation sites excluding steroid dienone is 4. The molecule has 1 aliphatic rings. The summed E-state index contributed by atoms with van der Waals surface area (Å²) in [5.41, 5.74) is 2.66. The van der Waals surface area contributed by atoms with Crippen molar-refractivity contribution in [3.8, 4) is 0 Å². The van der Waals surface area contributed by atoms with Crippen molar-refractivity contribution in [2.75, 3.05) is 18.4 Å². The highest BCUT2D eigenvalue weighted by atomic mass is 79.9. The van der Waals surface area contributed by atoms with Crippen LogP contribution < -0.4 is 0 Å². The standard InChI is InChI=1S/C15H24BrN/c1-4-7-15(17-8-5-6-9-17)11-13(2)10-14(3)12-16/h4,7,11,13H,3,5-6,8-10,12H2,1-2H3/b7-4-,15-11+/t13-/m0/s1. The van der Waals surface area contributed by atoms with Crippen LogP contribution in [0.3, 0.4) is 0 Å². The zero-order valence-electron chi connectivity index (χ0n) is 11.1. The van der Waals surface area contributed by atoms with Crippen molar-refractivity contribution in [3.05, 3.63) is 36.1 Å². The molecular weight excluding hydrogens is 274 g/mol. The first-order valence-electron chi connectivity index (χ1n) is 6.49. The molecule has 0 saturated carbocycles. The maximum Gasteiger partial charge on any atom is 0.0325 e. The van der Waals surface area contributed by atoms with Gasteiger partial charge in [-0.3, -0.25) is 0 Å². The third-order valence-corrected chi connectivity index (χ3v) is 3.86. The Morgan fingerprint density at radius 1 is 1.41 bits per heavy atom. The second-order valence-corrected chi connectivity index (χ2v) is 5.41. The number of alkyl halides is 1. The molecule has 0 aliphatic carbocycles. The summed E-state index contributed by atoms with van der Waals surface area (Å²) < 4.78 is 0. The van der Waals surface area contributed by atoms with E-state index in [-0.39, 0.29) is 0 Å². The molecule has 0 spiro atoms. The predicted octanol–water partition coefficient (Wildman–Crippen LogP) is 4.52. The summed E-state index contributed by atoms with van der Waals surface area (Å²) in [4.78, 5) is 2.49. The summed E-state index contributed by atoms with van der Waals surface area (Å²) in [5, 5.41) is 0.911. The fraction of sp³-hybridized carbons (Fsp3) is 0.600. The molecule has 1 heterocycles. The Labute approximate surface area is 114 Å². The fourth-order valence-electron chi connectivity index (χ4n) is 2.27. The zero-order chi connectivity index (χ0) is 12.7. The number of rotatable bonds is 6. The first-order chi connectivity index (χ1) is 8.17. The largest absolute Gasteiger partial charge is 0.372 e. The van der Waals surface area contributed by atoms with E-state index in [0.29, 0.717) is 5.92 Å². The highest BCUT2D eigenvalue weighted by Crippen LogP contribution is 2.20. The average Bonchev–Trinajstić information content (AvgIpc) is 2.81. The highest BCUT2D eigenvalue weighted by Gasteiger charge is 2.13. The monoisotopic (exact) mass is 297 g/mol. The van der Waals surface area contributed by atoms with Gasteiger partial charge in [0.1, 0.15) is 0 Å². The second-order valence-electron chi connectivity index (χ2n) is 4.85. The maximum atomic E-state index is 4.06. The van der Waals surface area contributed by atoms with E-state index in [1.165, 1.54) is 37.2 Å². The van der Waals surface area contributed by atoms with Gasteiger partial charge in [0, 0.05) is 24.1 Å². The van der Waals surface area contributed by atoms with Crippen molar-refractivity contribution in [2.45, 2.75) is 33.1 Å². The number of likely N-dealkylation sites (tertiary alicyclic amines) is 1. The van der Waals surface area contributed by atoms with Gasteiger partial charge >= 0.3 is 0 Å². The van der Waals surface area contributed by atoms with Gasteiger partial charge in [0.2, 0.25) is 0 Å². The Balaban J connectivity index is 2.64. The van der Waals surface area contributed by atoms with Crippen LogP contribution in [0.1, 0.15) is 33.1 Å². The Morgan fingerprint density at radius 2 is 2.06 bits per heavy atom. The normalized spacial score (nSPS) is 19.0. The highest BCUT2D eigenvalue weighted by molar-refractivity contribution is 9.09. The van der Waals surface area contributed by atoms with E-state index < -0.39 is 0 Å². The Kier molecular flexibility index (Phi) is 6.64. The third kappa shape index (κ3) is 5.12. The van der Waals surface area contributed by atoms with Gasteiger partial charge < -0.3 is 4.90 Å². The smallest absolute Gasteiger partial charge is 0.0325 e. The van der Waals surface area contributed by atoms with Crippen LogP contribution in [0, 0.1) is 5.92 Å². The molecular formula is C15H24BrN. The number of hydrogen-bond donors (Lipinski definition) is 0. The summed E-state index contributed by atoms with van der Waals surface area (Å²) in [5.74, 6) is 0.562. The van der Waals surface area contributed by atoms with Crippen LogP contribution in [0.5, 0.6) is 0 Å². The molecule has 0 aromatic rings. The number of halogens is 1. The summed E-state index contributed by atoms with van der Waals surface area (Å²) in [6.07, 6.45) is 10.5. The minimum atomic E-state index is 0.562. The molecule has 17 heavy (non-hydrogen) atoms. The lowest BCUT2D eigenvalue weighted by molar-refractivity contribution is 0.434. The van der Waals surface area contributed by atoms with E-state index in [0.717, 1.165) is 11.8 Å². The summed E-state index contributed by atoms with van der Waals surface area (Å²) in [6, 6.07) is 0. The molecule has 1 rings (SSSR count). The first-order valence-corrected chi connectivity index (χ1v) is 7.61. The first kappa shape index (κ1) is 14.6. The molecule has 2 heteroatoms. The van der Waals surface area contributed by atoms with Crippen LogP contribution in [-0.4, -0.2) is 23.3 Å². The van der Waals surface area contributed by atoms with Crippen LogP contribution in [-0.2, 0) is 0 Å². The lowest BCUT2D eigenvalue weighted by Gasteiger charge is -2.20. The summed E-state index contributed by atoms with van der Waals surface area (Å²) >= 11 is 3.46. The molecule has 0 unspecified atom stereocenters. The van der Waals surface area contributed by atoms with Crippen LogP contribution in [0.4, 0.5) is 0 Å². The van der Waals surface area contributed by atoms with Gasteiger partial charge in [0.25, 0.3) is 0 Å². The van der Waals surface area contributed by atoms with E-state index in [1.807, 2.05) is 0 Å². The molecule has 1 aliphatic heterocycles. The van der Waals surface area contributed by atoms with Gasteiger partial charge in [-0.2, -0.15) is 0 Å². The van der Waals surface area contributed by atoms with Gasteiger partial charge in [-0.1, -0.05) is 47.2 Å². The second kappa shape index (κ2) is 7.75. The van der Waals surface area contributed by atoms with Crippen molar-refractivity contribution in [1.82, 2.24) is 4.90 Å². The Hall–Kier alpha value is -0.500. The van der Waals surface area contributed by atoms with E-state index >= 15 is 0 Å².